The molecule has 2 amide bonds. The van der Waals surface area contributed by atoms with Gasteiger partial charge in [-0.2, -0.15) is 0 Å². The summed E-state index contributed by atoms with van der Waals surface area (Å²) >= 11 is 0. The van der Waals surface area contributed by atoms with Crippen molar-refractivity contribution in [3.63, 3.8) is 0 Å². The van der Waals surface area contributed by atoms with Gasteiger partial charge in [-0.15, -0.1) is 0 Å². The predicted molar refractivity (Wildman–Crippen MR) is 103 cm³/mol. The average Bonchev–Trinajstić information content (AvgIpc) is 2.66. The Balaban J connectivity index is 1.96. The first-order valence-corrected chi connectivity index (χ1v) is 8.96. The van der Waals surface area contributed by atoms with Crippen molar-refractivity contribution in [1.82, 2.24) is 5.32 Å². The van der Waals surface area contributed by atoms with Gasteiger partial charge in [0.05, 0.1) is 5.69 Å². The molecule has 0 aliphatic carbocycles. The molecule has 0 aromatic heterocycles. The highest BCUT2D eigenvalue weighted by Crippen LogP contribution is 2.15. The fraction of sp³-hybridized carbons (Fsp3) is 0.286. The highest BCUT2D eigenvalue weighted by molar-refractivity contribution is 5.97. The second-order valence-corrected chi connectivity index (χ2v) is 6.84. The van der Waals surface area contributed by atoms with Gasteiger partial charge in [0, 0.05) is 11.6 Å². The number of ether oxygens (including phenoxy) is 1. The van der Waals surface area contributed by atoms with Gasteiger partial charge in [-0.1, -0.05) is 31.5 Å². The Bertz CT molecular complexity index is 915. The van der Waals surface area contributed by atoms with E-state index in [1.807, 2.05) is 13.0 Å². The summed E-state index contributed by atoms with van der Waals surface area (Å²) in [6, 6.07) is 8.47. The average molecular weight is 404 g/mol. The molecular weight excluding hydrogens is 382 g/mol. The van der Waals surface area contributed by atoms with Crippen molar-refractivity contribution in [2.45, 2.75) is 26.8 Å². The van der Waals surface area contributed by atoms with Crippen LogP contribution in [0.2, 0.25) is 0 Å². The third-order valence-electron chi connectivity index (χ3n) is 4.04. The summed E-state index contributed by atoms with van der Waals surface area (Å²) in [5, 5.41) is 4.72. The van der Waals surface area contributed by atoms with E-state index in [-0.39, 0.29) is 11.6 Å². The number of esters is 1. The highest BCUT2D eigenvalue weighted by Gasteiger charge is 2.27. The number of carbonyl (C=O) groups is 3. The lowest BCUT2D eigenvalue weighted by molar-refractivity contribution is -0.150. The molecule has 2 N–H and O–H groups in total. The van der Waals surface area contributed by atoms with Crippen molar-refractivity contribution in [2.24, 2.45) is 5.92 Å². The summed E-state index contributed by atoms with van der Waals surface area (Å²) in [5.74, 6) is -3.95. The van der Waals surface area contributed by atoms with Gasteiger partial charge in [0.1, 0.15) is 17.7 Å². The molecule has 0 saturated heterocycles. The number of benzene rings is 2. The first-order valence-electron chi connectivity index (χ1n) is 8.96. The molecule has 2 rings (SSSR count). The van der Waals surface area contributed by atoms with Crippen LogP contribution < -0.4 is 10.6 Å². The van der Waals surface area contributed by atoms with Crippen molar-refractivity contribution >= 4 is 23.5 Å². The molecule has 6 nitrogen and oxygen atoms in total. The van der Waals surface area contributed by atoms with Crippen LogP contribution in [0.4, 0.5) is 14.5 Å². The highest BCUT2D eigenvalue weighted by atomic mass is 19.1. The zero-order chi connectivity index (χ0) is 21.6. The minimum atomic E-state index is -0.985. The monoisotopic (exact) mass is 404 g/mol. The van der Waals surface area contributed by atoms with E-state index >= 15 is 0 Å². The van der Waals surface area contributed by atoms with Gasteiger partial charge >= 0.3 is 5.97 Å². The number of amides is 2. The topological polar surface area (TPSA) is 84.5 Å². The first kappa shape index (κ1) is 22.0. The Kier molecular flexibility index (Phi) is 7.41. The number of rotatable bonds is 7. The maximum atomic E-state index is 13.6. The van der Waals surface area contributed by atoms with Crippen LogP contribution in [-0.4, -0.2) is 30.4 Å². The molecule has 2 aromatic carbocycles. The lowest BCUT2D eigenvalue weighted by atomic mass is 10.0. The molecule has 0 heterocycles. The maximum absolute atomic E-state index is 13.6. The van der Waals surface area contributed by atoms with Crippen molar-refractivity contribution in [2.75, 3.05) is 11.9 Å². The minimum absolute atomic E-state index is 0.306. The predicted octanol–water partition coefficient (Wildman–Crippen LogP) is 3.21. The fourth-order valence-corrected chi connectivity index (χ4v) is 2.51. The summed E-state index contributed by atoms with van der Waals surface area (Å²) in [6.07, 6.45) is 0. The van der Waals surface area contributed by atoms with Gasteiger partial charge in [-0.3, -0.25) is 9.59 Å². The summed E-state index contributed by atoms with van der Waals surface area (Å²) in [6.45, 7) is 4.55. The summed E-state index contributed by atoms with van der Waals surface area (Å²) in [5.41, 5.74) is 0.921. The Morgan fingerprint density at radius 2 is 1.79 bits per heavy atom. The van der Waals surface area contributed by atoms with Gasteiger partial charge in [0.25, 0.3) is 11.8 Å². The van der Waals surface area contributed by atoms with Crippen LogP contribution in [0, 0.1) is 24.5 Å². The van der Waals surface area contributed by atoms with Crippen LogP contribution in [0.1, 0.15) is 29.8 Å². The van der Waals surface area contributed by atoms with Crippen molar-refractivity contribution in [1.29, 1.82) is 0 Å². The lowest BCUT2D eigenvalue weighted by Gasteiger charge is -2.21. The maximum Gasteiger partial charge on any atom is 0.329 e. The quantitative estimate of drug-likeness (QED) is 0.694. The smallest absolute Gasteiger partial charge is 0.329 e. The van der Waals surface area contributed by atoms with Crippen LogP contribution in [0.25, 0.3) is 0 Å². The molecule has 8 heteroatoms. The first-order chi connectivity index (χ1) is 13.7. The Labute approximate surface area is 167 Å². The van der Waals surface area contributed by atoms with Crippen LogP contribution >= 0.6 is 0 Å². The normalized spacial score (nSPS) is 11.7. The van der Waals surface area contributed by atoms with E-state index in [0.717, 1.165) is 23.8 Å². The molecule has 0 fully saturated rings. The van der Waals surface area contributed by atoms with Crippen LogP contribution in [0.15, 0.2) is 42.5 Å². The third kappa shape index (κ3) is 6.38. The van der Waals surface area contributed by atoms with E-state index in [9.17, 15) is 23.2 Å². The molecule has 0 aliphatic rings. The number of anilines is 1. The van der Waals surface area contributed by atoms with Gasteiger partial charge in [0.2, 0.25) is 0 Å². The Morgan fingerprint density at radius 3 is 2.45 bits per heavy atom. The molecule has 154 valence electrons. The minimum Gasteiger partial charge on any atom is -0.454 e. The summed E-state index contributed by atoms with van der Waals surface area (Å²) < 4.78 is 31.7. The molecule has 1 atom stereocenters. The number of hydrogen-bond acceptors (Lipinski definition) is 4. The van der Waals surface area contributed by atoms with Crippen molar-refractivity contribution in [3.8, 4) is 0 Å². The number of hydrogen-bond donors (Lipinski definition) is 2. The third-order valence-corrected chi connectivity index (χ3v) is 4.04. The molecule has 0 aliphatic heterocycles. The van der Waals surface area contributed by atoms with Crippen LogP contribution in [0.3, 0.4) is 0 Å². The second kappa shape index (κ2) is 9.77. The zero-order valence-corrected chi connectivity index (χ0v) is 16.3. The van der Waals surface area contributed by atoms with Gasteiger partial charge in [-0.05, 0) is 37.1 Å². The van der Waals surface area contributed by atoms with Crippen molar-refractivity contribution < 1.29 is 27.9 Å². The molecule has 0 unspecified atom stereocenters. The van der Waals surface area contributed by atoms with Gasteiger partial charge in [0.15, 0.2) is 6.61 Å². The van der Waals surface area contributed by atoms with Gasteiger partial charge in [-0.25, -0.2) is 13.6 Å². The molecule has 29 heavy (non-hydrogen) atoms. The van der Waals surface area contributed by atoms with Crippen LogP contribution in [0.5, 0.6) is 0 Å². The molecule has 0 saturated carbocycles. The number of nitrogens with one attached hydrogen (secondary N) is 2. The lowest BCUT2D eigenvalue weighted by Crippen LogP contribution is -2.46. The van der Waals surface area contributed by atoms with E-state index in [2.05, 4.69) is 10.6 Å². The SMILES string of the molecule is Cc1cccc(C(=O)N[C@H](C(=O)OCC(=O)Nc2cc(F)ccc2F)C(C)C)c1. The second-order valence-electron chi connectivity index (χ2n) is 6.84. The molecule has 0 spiro atoms. The summed E-state index contributed by atoms with van der Waals surface area (Å²) in [7, 11) is 0. The number of carbonyl (C=O) groups excluding carboxylic acids is 3. The standard InChI is InChI=1S/C21H22F2N2O4/c1-12(2)19(25-20(27)14-6-4-5-13(3)9-14)21(28)29-11-18(26)24-17-10-15(22)7-8-16(17)23/h4-10,12,19H,11H2,1-3H3,(H,24,26)(H,25,27)/t19-/m0/s1. The number of aryl methyl sites for hydroxylation is 1. The largest absolute Gasteiger partial charge is 0.454 e. The Morgan fingerprint density at radius 1 is 1.07 bits per heavy atom. The fourth-order valence-electron chi connectivity index (χ4n) is 2.51. The van der Waals surface area contributed by atoms with E-state index in [4.69, 9.17) is 4.74 Å². The summed E-state index contributed by atoms with van der Waals surface area (Å²) in [4.78, 5) is 36.6. The molecule has 0 bridgehead atoms. The zero-order valence-electron chi connectivity index (χ0n) is 16.3. The van der Waals surface area contributed by atoms with E-state index in [1.54, 1.807) is 32.0 Å². The molecule has 2 aromatic rings. The van der Waals surface area contributed by atoms with E-state index in [1.165, 1.54) is 0 Å². The number of halogens is 2. The molecule has 0 radical (unpaired) electrons. The van der Waals surface area contributed by atoms with Crippen LogP contribution in [-0.2, 0) is 14.3 Å². The molecular formula is C21H22F2N2O4. The van der Waals surface area contributed by atoms with Crippen molar-refractivity contribution in [3.05, 3.63) is 65.2 Å². The Hall–Kier alpha value is -3.29. The van der Waals surface area contributed by atoms with E-state index in [0.29, 0.717) is 5.56 Å². The van der Waals surface area contributed by atoms with Gasteiger partial charge < -0.3 is 15.4 Å². The van der Waals surface area contributed by atoms with E-state index < -0.39 is 42.1 Å².